The largest absolute Gasteiger partial charge is 0.338 e. The van der Waals surface area contributed by atoms with Crippen LogP contribution in [0.15, 0.2) is 39.8 Å². The van der Waals surface area contributed by atoms with Gasteiger partial charge in [-0.3, -0.25) is 14.2 Å². The van der Waals surface area contributed by atoms with Gasteiger partial charge in [0.1, 0.15) is 11.4 Å². The predicted molar refractivity (Wildman–Crippen MR) is 101 cm³/mol. The molecule has 0 N–H and O–H groups in total. The maximum Gasteiger partial charge on any atom is 0.266 e. The monoisotopic (exact) mass is 379 g/mol. The molecule has 0 saturated carbocycles. The van der Waals surface area contributed by atoms with Crippen LogP contribution in [0, 0.1) is 13.8 Å². The lowest BCUT2D eigenvalue weighted by Crippen LogP contribution is -2.37. The van der Waals surface area contributed by atoms with Gasteiger partial charge in [-0.25, -0.2) is 4.98 Å². The van der Waals surface area contributed by atoms with Crippen molar-refractivity contribution in [3.63, 3.8) is 0 Å². The summed E-state index contributed by atoms with van der Waals surface area (Å²) in [6, 6.07) is 8.18. The van der Waals surface area contributed by atoms with E-state index < -0.39 is 0 Å². The fourth-order valence-electron chi connectivity index (χ4n) is 3.47. The van der Waals surface area contributed by atoms with Crippen LogP contribution in [-0.4, -0.2) is 37.0 Å². The van der Waals surface area contributed by atoms with E-state index in [9.17, 15) is 9.59 Å². The molecule has 0 atom stereocenters. The maximum absolute atomic E-state index is 12.8. The minimum absolute atomic E-state index is 0.0276. The third-order valence-electron chi connectivity index (χ3n) is 5.04. The fraction of sp³-hybridized carbons (Fsp3) is 0.350. The lowest BCUT2D eigenvalue weighted by atomic mass is 10.00. The van der Waals surface area contributed by atoms with Crippen molar-refractivity contribution in [2.24, 2.45) is 0 Å². The second kappa shape index (κ2) is 7.38. The highest BCUT2D eigenvalue weighted by Crippen LogP contribution is 2.19. The molecule has 28 heavy (non-hydrogen) atoms. The fourth-order valence-corrected chi connectivity index (χ4v) is 3.47. The summed E-state index contributed by atoms with van der Waals surface area (Å²) in [6.07, 6.45) is 2.52. The number of hydrogen-bond acceptors (Lipinski definition) is 6. The van der Waals surface area contributed by atoms with Crippen LogP contribution in [-0.2, 0) is 24.3 Å². The van der Waals surface area contributed by atoms with Gasteiger partial charge in [0.05, 0.1) is 0 Å². The number of rotatable bonds is 4. The summed E-state index contributed by atoms with van der Waals surface area (Å²) in [5, 5.41) is 3.72. The van der Waals surface area contributed by atoms with E-state index in [0.717, 1.165) is 6.42 Å². The van der Waals surface area contributed by atoms with Gasteiger partial charge in [0.25, 0.3) is 11.4 Å². The highest BCUT2D eigenvalue weighted by atomic mass is 16.5. The van der Waals surface area contributed by atoms with Gasteiger partial charge in [-0.2, -0.15) is 4.98 Å². The van der Waals surface area contributed by atoms with Crippen LogP contribution in [0.4, 0.5) is 0 Å². The Morgan fingerprint density at radius 2 is 2.00 bits per heavy atom. The van der Waals surface area contributed by atoms with Crippen molar-refractivity contribution < 1.29 is 9.32 Å². The van der Waals surface area contributed by atoms with E-state index in [0.29, 0.717) is 24.7 Å². The van der Waals surface area contributed by atoms with Crippen LogP contribution in [0.25, 0.3) is 11.5 Å². The molecular weight excluding hydrogens is 358 g/mol. The number of aryl methyl sites for hydroxylation is 2. The zero-order valence-corrected chi connectivity index (χ0v) is 15.9. The molecule has 0 aliphatic carbocycles. The third-order valence-corrected chi connectivity index (χ3v) is 5.04. The number of aromatic nitrogens is 4. The second-order valence-corrected chi connectivity index (χ2v) is 6.91. The molecule has 0 unspecified atom stereocenters. The first-order valence-electron chi connectivity index (χ1n) is 9.24. The van der Waals surface area contributed by atoms with Crippen LogP contribution in [0.3, 0.4) is 0 Å². The van der Waals surface area contributed by atoms with E-state index in [4.69, 9.17) is 4.52 Å². The molecule has 1 aliphatic heterocycles. The molecule has 3 heterocycles. The zero-order chi connectivity index (χ0) is 19.7. The molecule has 1 aromatic carbocycles. The molecule has 0 saturated heterocycles. The smallest absolute Gasteiger partial charge is 0.266 e. The molecule has 0 bridgehead atoms. The first-order chi connectivity index (χ1) is 13.5. The van der Waals surface area contributed by atoms with Gasteiger partial charge in [0.2, 0.25) is 5.91 Å². The van der Waals surface area contributed by atoms with Crippen molar-refractivity contribution in [1.82, 2.24) is 24.6 Å². The molecular formula is C20H21N5O3. The molecule has 3 aromatic rings. The van der Waals surface area contributed by atoms with Crippen molar-refractivity contribution in [3.8, 4) is 11.5 Å². The van der Waals surface area contributed by atoms with E-state index in [-0.39, 0.29) is 35.9 Å². The number of nitrogens with zero attached hydrogens (tertiary/aromatic N) is 5. The molecule has 2 aromatic heterocycles. The average Bonchev–Trinajstić information content (AvgIpc) is 3.13. The molecule has 4 rings (SSSR count). The van der Waals surface area contributed by atoms with E-state index in [1.807, 2.05) is 17.0 Å². The van der Waals surface area contributed by atoms with Crippen molar-refractivity contribution >= 4 is 5.91 Å². The Kier molecular flexibility index (Phi) is 4.77. The molecule has 0 fully saturated rings. The number of hydrogen-bond donors (Lipinski definition) is 0. The second-order valence-electron chi connectivity index (χ2n) is 6.91. The van der Waals surface area contributed by atoms with Crippen molar-refractivity contribution in [3.05, 3.63) is 63.6 Å². The van der Waals surface area contributed by atoms with Crippen molar-refractivity contribution in [2.45, 2.75) is 39.8 Å². The molecule has 1 amide bonds. The molecule has 1 aliphatic rings. The maximum atomic E-state index is 12.8. The van der Waals surface area contributed by atoms with Crippen molar-refractivity contribution in [2.75, 3.05) is 6.54 Å². The standard InChI is InChI=1S/C20H21N5O3/c1-13-22-19(28-23-13)17-11-21-14(2)25(20(17)27)10-8-18(26)24-9-7-15-5-3-4-6-16(15)12-24/h3-6,11H,7-10,12H2,1-2H3. The molecule has 0 radical (unpaired) electrons. The van der Waals surface area contributed by atoms with Gasteiger partial charge in [0.15, 0.2) is 5.82 Å². The predicted octanol–water partition coefficient (Wildman–Crippen LogP) is 1.89. The van der Waals surface area contributed by atoms with Gasteiger partial charge in [-0.15, -0.1) is 0 Å². The highest BCUT2D eigenvalue weighted by molar-refractivity contribution is 5.76. The number of benzene rings is 1. The topological polar surface area (TPSA) is 94.1 Å². The zero-order valence-electron chi connectivity index (χ0n) is 15.9. The summed E-state index contributed by atoms with van der Waals surface area (Å²) >= 11 is 0. The molecule has 8 nitrogen and oxygen atoms in total. The van der Waals surface area contributed by atoms with E-state index in [1.54, 1.807) is 13.8 Å². The van der Waals surface area contributed by atoms with Gasteiger partial charge < -0.3 is 9.42 Å². The Morgan fingerprint density at radius 1 is 1.21 bits per heavy atom. The minimum atomic E-state index is -0.284. The Balaban J connectivity index is 1.49. The summed E-state index contributed by atoms with van der Waals surface area (Å²) < 4.78 is 6.58. The highest BCUT2D eigenvalue weighted by Gasteiger charge is 2.21. The first kappa shape index (κ1) is 18.1. The van der Waals surface area contributed by atoms with Gasteiger partial charge >= 0.3 is 0 Å². The van der Waals surface area contributed by atoms with Crippen molar-refractivity contribution in [1.29, 1.82) is 0 Å². The lowest BCUT2D eigenvalue weighted by Gasteiger charge is -2.29. The van der Waals surface area contributed by atoms with Gasteiger partial charge in [0, 0.05) is 32.3 Å². The Bertz CT molecular complexity index is 1090. The summed E-state index contributed by atoms with van der Waals surface area (Å²) in [4.78, 5) is 35.7. The number of fused-ring (bicyclic) bond motifs is 1. The lowest BCUT2D eigenvalue weighted by molar-refractivity contribution is -0.132. The van der Waals surface area contributed by atoms with Crippen LogP contribution in [0.5, 0.6) is 0 Å². The summed E-state index contributed by atoms with van der Waals surface area (Å²) in [6.45, 7) is 5.00. The normalized spacial score (nSPS) is 13.4. The number of amides is 1. The van der Waals surface area contributed by atoms with Gasteiger partial charge in [-0.05, 0) is 31.4 Å². The SMILES string of the molecule is Cc1noc(-c2cnc(C)n(CCC(=O)N3CCc4ccccc4C3)c2=O)n1. The molecule has 144 valence electrons. The van der Waals surface area contributed by atoms with Gasteiger partial charge in [-0.1, -0.05) is 29.4 Å². The van der Waals surface area contributed by atoms with Crippen LogP contribution in [0.2, 0.25) is 0 Å². The van der Waals surface area contributed by atoms with E-state index in [1.165, 1.54) is 21.9 Å². The van der Waals surface area contributed by atoms with E-state index >= 15 is 0 Å². The molecule has 0 spiro atoms. The molecule has 8 heteroatoms. The number of carbonyl (C=O) groups excluding carboxylic acids is 1. The Labute approximate surface area is 161 Å². The Hall–Kier alpha value is -3.29. The Morgan fingerprint density at radius 3 is 2.75 bits per heavy atom. The average molecular weight is 379 g/mol. The van der Waals surface area contributed by atoms with Crippen LogP contribution >= 0.6 is 0 Å². The first-order valence-corrected chi connectivity index (χ1v) is 9.24. The van der Waals surface area contributed by atoms with Crippen LogP contribution < -0.4 is 5.56 Å². The quantitative estimate of drug-likeness (QED) is 0.687. The number of carbonyl (C=O) groups is 1. The summed E-state index contributed by atoms with van der Waals surface area (Å²) in [7, 11) is 0. The van der Waals surface area contributed by atoms with E-state index in [2.05, 4.69) is 27.3 Å². The summed E-state index contributed by atoms with van der Waals surface area (Å²) in [5.41, 5.74) is 2.44. The summed E-state index contributed by atoms with van der Waals surface area (Å²) in [5.74, 6) is 1.16. The third kappa shape index (κ3) is 3.45. The van der Waals surface area contributed by atoms with Crippen LogP contribution in [0.1, 0.15) is 29.2 Å². The minimum Gasteiger partial charge on any atom is -0.338 e.